The highest BCUT2D eigenvalue weighted by molar-refractivity contribution is 5.89. The third-order valence-corrected chi connectivity index (χ3v) is 3.76. The van der Waals surface area contributed by atoms with Crippen molar-refractivity contribution in [2.75, 3.05) is 6.61 Å². The molecule has 2 atom stereocenters. The van der Waals surface area contributed by atoms with Crippen molar-refractivity contribution in [1.82, 2.24) is 0 Å². The Morgan fingerprint density at radius 1 is 1.32 bits per heavy atom. The van der Waals surface area contributed by atoms with Gasteiger partial charge in [0.1, 0.15) is 0 Å². The summed E-state index contributed by atoms with van der Waals surface area (Å²) in [5.74, 6) is 0.287. The summed E-state index contributed by atoms with van der Waals surface area (Å²) in [4.78, 5) is 11.1. The molecular weight excluding hydrogens is 240 g/mol. The van der Waals surface area contributed by atoms with Gasteiger partial charge in [-0.1, -0.05) is 37.3 Å². The van der Waals surface area contributed by atoms with Crippen molar-refractivity contribution in [2.45, 2.75) is 26.4 Å². The van der Waals surface area contributed by atoms with Gasteiger partial charge in [-0.25, -0.2) is 4.79 Å². The zero-order valence-corrected chi connectivity index (χ0v) is 11.2. The van der Waals surface area contributed by atoms with Gasteiger partial charge in [0.15, 0.2) is 0 Å². The van der Waals surface area contributed by atoms with E-state index in [1.54, 1.807) is 12.1 Å². The Hall–Kier alpha value is -1.61. The van der Waals surface area contributed by atoms with E-state index in [4.69, 9.17) is 9.84 Å². The molecule has 0 amide bonds. The van der Waals surface area contributed by atoms with E-state index in [-0.39, 0.29) is 0 Å². The van der Waals surface area contributed by atoms with Gasteiger partial charge in [-0.3, -0.25) is 0 Å². The van der Waals surface area contributed by atoms with Gasteiger partial charge in [0.25, 0.3) is 0 Å². The molecule has 2 unspecified atom stereocenters. The first-order valence-electron chi connectivity index (χ1n) is 6.72. The lowest BCUT2D eigenvalue weighted by Crippen LogP contribution is -2.19. The Balaban J connectivity index is 1.89. The first-order valence-corrected chi connectivity index (χ1v) is 6.72. The van der Waals surface area contributed by atoms with Crippen molar-refractivity contribution in [1.29, 1.82) is 0 Å². The lowest BCUT2D eigenvalue weighted by atomic mass is 9.85. The molecule has 0 aromatic heterocycles. The van der Waals surface area contributed by atoms with Gasteiger partial charge in [0.2, 0.25) is 0 Å². The Morgan fingerprint density at radius 2 is 2.05 bits per heavy atom. The van der Waals surface area contributed by atoms with Crippen LogP contribution in [-0.4, -0.2) is 17.7 Å². The number of benzene rings is 1. The largest absolute Gasteiger partial charge is 0.478 e. The van der Waals surface area contributed by atoms with Gasteiger partial charge in [-0.2, -0.15) is 0 Å². The third kappa shape index (κ3) is 3.67. The number of allylic oxidation sites excluding steroid dienone is 2. The average Bonchev–Trinajstić information content (AvgIpc) is 2.41. The van der Waals surface area contributed by atoms with E-state index in [0.29, 0.717) is 30.6 Å². The minimum absolute atomic E-state index is 0.332. The summed E-state index contributed by atoms with van der Waals surface area (Å²) in [5, 5.41) is 9.09. The number of hydrogen-bond donors (Lipinski definition) is 1. The number of ether oxygens (including phenoxy) is 1. The Morgan fingerprint density at radius 3 is 2.79 bits per heavy atom. The van der Waals surface area contributed by atoms with Crippen LogP contribution in [0.15, 0.2) is 36.4 Å². The molecule has 1 aliphatic rings. The summed E-state index contributed by atoms with van der Waals surface area (Å²) in [6, 6.07) is 7.01. The van der Waals surface area contributed by atoms with Crippen molar-refractivity contribution >= 4 is 5.97 Å². The SMILES string of the molecule is CC1CC=CCC1COCc1ccccc1C(=O)O. The quantitative estimate of drug-likeness (QED) is 0.824. The second kappa shape index (κ2) is 6.53. The van der Waals surface area contributed by atoms with Crippen LogP contribution in [-0.2, 0) is 11.3 Å². The molecule has 1 aliphatic carbocycles. The molecule has 0 spiro atoms. The van der Waals surface area contributed by atoms with Gasteiger partial charge in [-0.05, 0) is 36.3 Å². The molecule has 1 aromatic carbocycles. The molecule has 0 saturated heterocycles. The average molecular weight is 260 g/mol. The van der Waals surface area contributed by atoms with E-state index < -0.39 is 5.97 Å². The van der Waals surface area contributed by atoms with Crippen LogP contribution in [0.3, 0.4) is 0 Å². The lowest BCUT2D eigenvalue weighted by Gasteiger charge is -2.25. The molecule has 0 aliphatic heterocycles. The first kappa shape index (κ1) is 13.8. The summed E-state index contributed by atoms with van der Waals surface area (Å²) in [5.41, 5.74) is 1.08. The summed E-state index contributed by atoms with van der Waals surface area (Å²) in [6.45, 7) is 3.30. The maximum absolute atomic E-state index is 11.1. The predicted octanol–water partition coefficient (Wildman–Crippen LogP) is 3.50. The van der Waals surface area contributed by atoms with Crippen molar-refractivity contribution in [3.63, 3.8) is 0 Å². The van der Waals surface area contributed by atoms with Crippen LogP contribution in [0.2, 0.25) is 0 Å². The Labute approximate surface area is 113 Å². The van der Waals surface area contributed by atoms with Gasteiger partial charge in [0, 0.05) is 0 Å². The standard InChI is InChI=1S/C16H20O3/c1-12-6-2-3-7-13(12)10-19-11-14-8-4-5-9-15(14)16(17)18/h2-5,8-9,12-13H,6-7,10-11H2,1H3,(H,17,18). The van der Waals surface area contributed by atoms with Crippen molar-refractivity contribution in [3.05, 3.63) is 47.5 Å². The molecular formula is C16H20O3. The summed E-state index contributed by atoms with van der Waals surface area (Å²) >= 11 is 0. The van der Waals surface area contributed by atoms with Crippen molar-refractivity contribution < 1.29 is 14.6 Å². The number of carbonyl (C=O) groups is 1. The molecule has 3 nitrogen and oxygen atoms in total. The first-order chi connectivity index (χ1) is 9.18. The maximum atomic E-state index is 11.1. The van der Waals surface area contributed by atoms with Crippen molar-refractivity contribution in [3.8, 4) is 0 Å². The Kier molecular flexibility index (Phi) is 4.74. The highest BCUT2D eigenvalue weighted by atomic mass is 16.5. The van der Waals surface area contributed by atoms with Crippen LogP contribution >= 0.6 is 0 Å². The Bertz CT molecular complexity index is 465. The minimum Gasteiger partial charge on any atom is -0.478 e. The third-order valence-electron chi connectivity index (χ3n) is 3.76. The zero-order chi connectivity index (χ0) is 13.7. The molecule has 19 heavy (non-hydrogen) atoms. The smallest absolute Gasteiger partial charge is 0.336 e. The number of rotatable bonds is 5. The molecule has 1 aromatic rings. The molecule has 0 saturated carbocycles. The molecule has 3 heteroatoms. The topological polar surface area (TPSA) is 46.5 Å². The summed E-state index contributed by atoms with van der Waals surface area (Å²) in [6.07, 6.45) is 6.60. The highest BCUT2D eigenvalue weighted by Crippen LogP contribution is 2.25. The van der Waals surface area contributed by atoms with Crippen LogP contribution in [0.4, 0.5) is 0 Å². The molecule has 1 N–H and O–H groups in total. The minimum atomic E-state index is -0.895. The molecule has 2 rings (SSSR count). The molecule has 0 heterocycles. The van der Waals surface area contributed by atoms with Crippen LogP contribution in [0.5, 0.6) is 0 Å². The fraction of sp³-hybridized carbons (Fsp3) is 0.438. The second-order valence-corrected chi connectivity index (χ2v) is 5.16. The normalized spacial score (nSPS) is 22.4. The fourth-order valence-electron chi connectivity index (χ4n) is 2.41. The number of aromatic carboxylic acids is 1. The van der Waals surface area contributed by atoms with Crippen LogP contribution in [0, 0.1) is 11.8 Å². The lowest BCUT2D eigenvalue weighted by molar-refractivity contribution is 0.0627. The van der Waals surface area contributed by atoms with E-state index >= 15 is 0 Å². The molecule has 0 bridgehead atoms. The summed E-state index contributed by atoms with van der Waals surface area (Å²) in [7, 11) is 0. The maximum Gasteiger partial charge on any atom is 0.336 e. The van der Waals surface area contributed by atoms with E-state index in [9.17, 15) is 4.79 Å². The molecule has 0 radical (unpaired) electrons. The second-order valence-electron chi connectivity index (χ2n) is 5.16. The van der Waals surface area contributed by atoms with Gasteiger partial charge >= 0.3 is 5.97 Å². The van der Waals surface area contributed by atoms with E-state index in [1.807, 2.05) is 12.1 Å². The molecule has 0 fully saturated rings. The summed E-state index contributed by atoms with van der Waals surface area (Å²) < 4.78 is 5.72. The van der Waals surface area contributed by atoms with Gasteiger partial charge < -0.3 is 9.84 Å². The van der Waals surface area contributed by atoms with Gasteiger partial charge in [0.05, 0.1) is 18.8 Å². The van der Waals surface area contributed by atoms with Gasteiger partial charge in [-0.15, -0.1) is 0 Å². The fourth-order valence-corrected chi connectivity index (χ4v) is 2.41. The molecule has 102 valence electrons. The van der Waals surface area contributed by atoms with Crippen molar-refractivity contribution in [2.24, 2.45) is 11.8 Å². The number of carboxylic acid groups (broad SMARTS) is 1. The van der Waals surface area contributed by atoms with Crippen LogP contribution in [0.1, 0.15) is 35.7 Å². The monoisotopic (exact) mass is 260 g/mol. The van der Waals surface area contributed by atoms with Crippen LogP contribution < -0.4 is 0 Å². The van der Waals surface area contributed by atoms with E-state index in [0.717, 1.165) is 18.4 Å². The highest BCUT2D eigenvalue weighted by Gasteiger charge is 2.18. The van der Waals surface area contributed by atoms with E-state index in [1.165, 1.54) is 0 Å². The number of carboxylic acids is 1. The van der Waals surface area contributed by atoms with Crippen LogP contribution in [0.25, 0.3) is 0 Å². The zero-order valence-electron chi connectivity index (χ0n) is 11.2. The predicted molar refractivity (Wildman–Crippen MR) is 74.1 cm³/mol. The number of hydrogen-bond acceptors (Lipinski definition) is 2. The van der Waals surface area contributed by atoms with E-state index in [2.05, 4.69) is 19.1 Å².